The maximum absolute atomic E-state index is 11.8. The van der Waals surface area contributed by atoms with Crippen molar-refractivity contribution < 1.29 is 19.4 Å². The van der Waals surface area contributed by atoms with Gasteiger partial charge in [-0.2, -0.15) is 0 Å². The molecule has 0 aliphatic carbocycles. The Morgan fingerprint density at radius 2 is 1.89 bits per heavy atom. The number of carbonyl (C=O) groups is 2. The molecule has 7 heteroatoms. The number of halogens is 2. The Kier molecular flexibility index (Phi) is 5.03. The monoisotopic (exact) mass is 305 g/mol. The Morgan fingerprint density at radius 3 is 2.37 bits per heavy atom. The Hall–Kier alpha value is -1.46. The number of nitrogens with zero attached hydrogens (tertiary/aromatic N) is 1. The van der Waals surface area contributed by atoms with Crippen molar-refractivity contribution in [1.29, 1.82) is 0 Å². The number of hydrogen-bond acceptors (Lipinski definition) is 3. The molecule has 0 unspecified atom stereocenters. The average Bonchev–Trinajstić information content (AvgIpc) is 2.30. The number of amides is 1. The molecule has 0 aliphatic rings. The molecule has 1 amide bonds. The van der Waals surface area contributed by atoms with E-state index in [9.17, 15) is 9.59 Å². The summed E-state index contributed by atoms with van der Waals surface area (Å²) in [5.41, 5.74) is -0.120. The van der Waals surface area contributed by atoms with Crippen LogP contribution in [0, 0.1) is 0 Å². The van der Waals surface area contributed by atoms with Gasteiger partial charge < -0.3 is 9.84 Å². The first kappa shape index (κ1) is 15.6. The molecule has 104 valence electrons. The summed E-state index contributed by atoms with van der Waals surface area (Å²) in [4.78, 5) is 24.0. The highest BCUT2D eigenvalue weighted by atomic mass is 35.5. The molecule has 1 rings (SSSR count). The molecule has 5 nitrogen and oxygen atoms in total. The molecule has 0 spiro atoms. The third-order valence-electron chi connectivity index (χ3n) is 2.25. The molecule has 0 bridgehead atoms. The Morgan fingerprint density at radius 1 is 1.32 bits per heavy atom. The predicted molar refractivity (Wildman–Crippen MR) is 73.4 cm³/mol. The van der Waals surface area contributed by atoms with Gasteiger partial charge in [0, 0.05) is 7.05 Å². The normalized spacial score (nSPS) is 10.4. The van der Waals surface area contributed by atoms with Crippen molar-refractivity contribution in [3.8, 4) is 0 Å². The second-order valence-corrected chi connectivity index (χ2v) is 4.84. The van der Waals surface area contributed by atoms with Crippen LogP contribution in [0.1, 0.15) is 24.2 Å². The minimum Gasteiger partial charge on any atom is -0.478 e. The molecular formula is C12H13Cl2NO4. The van der Waals surface area contributed by atoms with Crippen LogP contribution in [0.4, 0.5) is 10.5 Å². The highest BCUT2D eigenvalue weighted by Gasteiger charge is 2.24. The minimum atomic E-state index is -1.21. The summed E-state index contributed by atoms with van der Waals surface area (Å²) in [5, 5.41) is 9.26. The SMILES string of the molecule is CC(C)OC(=O)N(C)c1c(C(=O)O)ccc(Cl)c1Cl. The second kappa shape index (κ2) is 6.12. The van der Waals surface area contributed by atoms with Gasteiger partial charge in [-0.3, -0.25) is 4.90 Å². The first-order chi connectivity index (χ1) is 8.75. The van der Waals surface area contributed by atoms with Gasteiger partial charge in [0.2, 0.25) is 0 Å². The number of aromatic carboxylic acids is 1. The van der Waals surface area contributed by atoms with Crippen LogP contribution in [-0.4, -0.2) is 30.3 Å². The van der Waals surface area contributed by atoms with E-state index < -0.39 is 12.1 Å². The number of anilines is 1. The minimum absolute atomic E-state index is 0.00677. The lowest BCUT2D eigenvalue weighted by atomic mass is 10.1. The number of carbonyl (C=O) groups excluding carboxylic acids is 1. The van der Waals surface area contributed by atoms with Crippen LogP contribution in [0.5, 0.6) is 0 Å². The fourth-order valence-corrected chi connectivity index (χ4v) is 1.86. The van der Waals surface area contributed by atoms with Gasteiger partial charge in [0.1, 0.15) is 0 Å². The topological polar surface area (TPSA) is 66.8 Å². The summed E-state index contributed by atoms with van der Waals surface area (Å²) in [6, 6.07) is 2.64. The Balaban J connectivity index is 3.28. The largest absolute Gasteiger partial charge is 0.478 e. The van der Waals surface area contributed by atoms with Crippen molar-refractivity contribution in [3.05, 3.63) is 27.7 Å². The summed E-state index contributed by atoms with van der Waals surface area (Å²) in [6.45, 7) is 3.37. The Labute approximate surface area is 120 Å². The lowest BCUT2D eigenvalue weighted by molar-refractivity contribution is 0.0697. The average molecular weight is 306 g/mol. The molecule has 0 saturated carbocycles. The van der Waals surface area contributed by atoms with E-state index in [0.29, 0.717) is 0 Å². The summed E-state index contributed by atoms with van der Waals surface area (Å²) in [6.07, 6.45) is -1.04. The maximum Gasteiger partial charge on any atom is 0.414 e. The highest BCUT2D eigenvalue weighted by Crippen LogP contribution is 2.35. The van der Waals surface area contributed by atoms with Crippen molar-refractivity contribution >= 4 is 41.0 Å². The van der Waals surface area contributed by atoms with Crippen LogP contribution in [0.15, 0.2) is 12.1 Å². The molecule has 0 aromatic heterocycles. The van der Waals surface area contributed by atoms with E-state index in [0.717, 1.165) is 4.90 Å². The van der Waals surface area contributed by atoms with Crippen molar-refractivity contribution in [2.45, 2.75) is 20.0 Å². The summed E-state index contributed by atoms with van der Waals surface area (Å²) in [5.74, 6) is -1.21. The maximum atomic E-state index is 11.8. The number of rotatable bonds is 3. The highest BCUT2D eigenvalue weighted by molar-refractivity contribution is 6.44. The van der Waals surface area contributed by atoms with Crippen LogP contribution in [-0.2, 0) is 4.74 Å². The molecule has 1 N–H and O–H groups in total. The smallest absolute Gasteiger partial charge is 0.414 e. The van der Waals surface area contributed by atoms with Crippen molar-refractivity contribution in [3.63, 3.8) is 0 Å². The van der Waals surface area contributed by atoms with E-state index in [1.54, 1.807) is 13.8 Å². The first-order valence-electron chi connectivity index (χ1n) is 5.41. The molecule has 0 heterocycles. The fourth-order valence-electron chi connectivity index (χ4n) is 1.41. The van der Waals surface area contributed by atoms with Gasteiger partial charge in [0.25, 0.3) is 0 Å². The molecule has 0 aliphatic heterocycles. The van der Waals surface area contributed by atoms with Crippen LogP contribution < -0.4 is 4.90 Å². The molecular weight excluding hydrogens is 293 g/mol. The third-order valence-corrected chi connectivity index (χ3v) is 3.04. The number of ether oxygens (including phenoxy) is 1. The van der Waals surface area contributed by atoms with E-state index in [-0.39, 0.29) is 27.4 Å². The van der Waals surface area contributed by atoms with Gasteiger partial charge in [0.15, 0.2) is 0 Å². The second-order valence-electron chi connectivity index (χ2n) is 4.05. The molecule has 1 aromatic rings. The molecule has 1 aromatic carbocycles. The number of carboxylic acid groups (broad SMARTS) is 1. The molecule has 0 saturated heterocycles. The van der Waals surface area contributed by atoms with E-state index in [1.807, 2.05) is 0 Å². The van der Waals surface area contributed by atoms with Crippen LogP contribution in [0.2, 0.25) is 10.0 Å². The van der Waals surface area contributed by atoms with Gasteiger partial charge in [-0.1, -0.05) is 23.2 Å². The zero-order valence-electron chi connectivity index (χ0n) is 10.6. The van der Waals surface area contributed by atoms with Crippen molar-refractivity contribution in [2.75, 3.05) is 11.9 Å². The van der Waals surface area contributed by atoms with E-state index >= 15 is 0 Å². The standard InChI is InChI=1S/C12H13Cl2NO4/c1-6(2)19-12(18)15(3)10-7(11(16)17)4-5-8(13)9(10)14/h4-6H,1-3H3,(H,16,17). The molecule has 0 atom stereocenters. The van der Waals surface area contributed by atoms with Crippen LogP contribution >= 0.6 is 23.2 Å². The van der Waals surface area contributed by atoms with Gasteiger partial charge >= 0.3 is 12.1 Å². The number of benzene rings is 1. The van der Waals surface area contributed by atoms with Crippen molar-refractivity contribution in [1.82, 2.24) is 0 Å². The fraction of sp³-hybridized carbons (Fsp3) is 0.333. The van der Waals surface area contributed by atoms with Crippen molar-refractivity contribution in [2.24, 2.45) is 0 Å². The Bertz CT molecular complexity index is 517. The first-order valence-corrected chi connectivity index (χ1v) is 6.17. The van der Waals surface area contributed by atoms with E-state index in [4.69, 9.17) is 33.0 Å². The lowest BCUT2D eigenvalue weighted by Gasteiger charge is -2.22. The van der Waals surface area contributed by atoms with Gasteiger partial charge in [-0.25, -0.2) is 9.59 Å². The van der Waals surface area contributed by atoms with E-state index in [2.05, 4.69) is 0 Å². The zero-order chi connectivity index (χ0) is 14.7. The zero-order valence-corrected chi connectivity index (χ0v) is 12.1. The van der Waals surface area contributed by atoms with Crippen LogP contribution in [0.3, 0.4) is 0 Å². The number of hydrogen-bond donors (Lipinski definition) is 1. The van der Waals surface area contributed by atoms with E-state index in [1.165, 1.54) is 19.2 Å². The summed E-state index contributed by atoms with van der Waals surface area (Å²) in [7, 11) is 1.37. The quantitative estimate of drug-likeness (QED) is 0.925. The predicted octanol–water partition coefficient (Wildman–Crippen LogP) is 3.67. The molecule has 0 fully saturated rings. The summed E-state index contributed by atoms with van der Waals surface area (Å²) < 4.78 is 4.99. The molecule has 0 radical (unpaired) electrons. The summed E-state index contributed by atoms with van der Waals surface area (Å²) >= 11 is 11.8. The number of carboxylic acids is 1. The lowest BCUT2D eigenvalue weighted by Crippen LogP contribution is -2.30. The van der Waals surface area contributed by atoms with Gasteiger partial charge in [-0.15, -0.1) is 0 Å². The van der Waals surface area contributed by atoms with Gasteiger partial charge in [0.05, 0.1) is 27.4 Å². The third kappa shape index (κ3) is 3.52. The molecule has 19 heavy (non-hydrogen) atoms. The van der Waals surface area contributed by atoms with Gasteiger partial charge in [-0.05, 0) is 26.0 Å². The van der Waals surface area contributed by atoms with Crippen LogP contribution in [0.25, 0.3) is 0 Å².